The van der Waals surface area contributed by atoms with Gasteiger partial charge in [0, 0.05) is 18.7 Å². The monoisotopic (exact) mass is 350 g/mol. The summed E-state index contributed by atoms with van der Waals surface area (Å²) in [7, 11) is 1.40. The molecule has 1 saturated heterocycles. The number of carbonyl (C=O) groups is 4. The Hall–Kier alpha value is -3.10. The predicted octanol–water partition coefficient (Wildman–Crippen LogP) is 0.370. The molecule has 1 atom stereocenters. The van der Waals surface area contributed by atoms with Crippen LogP contribution in [0.4, 0.5) is 4.79 Å². The highest BCUT2D eigenvalue weighted by molar-refractivity contribution is 5.98. The van der Waals surface area contributed by atoms with Crippen LogP contribution in [0, 0.1) is 0 Å². The van der Waals surface area contributed by atoms with Gasteiger partial charge in [0.05, 0.1) is 7.11 Å². The molecule has 1 aromatic rings. The van der Waals surface area contributed by atoms with Crippen LogP contribution in [-0.4, -0.2) is 62.0 Å². The molecule has 0 aromatic heterocycles. The Balaban J connectivity index is 1.89. The number of esters is 1. The van der Waals surface area contributed by atoms with Crippen LogP contribution in [0.1, 0.15) is 17.3 Å². The molecule has 3 amide bonds. The first-order chi connectivity index (χ1) is 12.0. The van der Waals surface area contributed by atoms with Crippen molar-refractivity contribution in [2.45, 2.75) is 13.0 Å². The maximum atomic E-state index is 12.0. The molecule has 1 aliphatic rings. The summed E-state index contributed by atoms with van der Waals surface area (Å²) in [5.41, 5.74) is 0.398. The van der Waals surface area contributed by atoms with Gasteiger partial charge in [-0.3, -0.25) is 14.5 Å². The van der Waals surface area contributed by atoms with Crippen LogP contribution in [0.2, 0.25) is 0 Å². The van der Waals surface area contributed by atoms with Crippen LogP contribution in [0.15, 0.2) is 18.2 Å². The van der Waals surface area contributed by atoms with Crippen LogP contribution in [0.3, 0.4) is 0 Å². The largest absolute Gasteiger partial charge is 0.493 e. The third kappa shape index (κ3) is 4.46. The number of benzene rings is 1. The van der Waals surface area contributed by atoms with Gasteiger partial charge in [-0.2, -0.15) is 0 Å². The summed E-state index contributed by atoms with van der Waals surface area (Å²) in [6.45, 7) is 1.52. The van der Waals surface area contributed by atoms with E-state index in [1.807, 2.05) is 0 Å². The highest BCUT2D eigenvalue weighted by Crippen LogP contribution is 2.27. The number of aldehydes is 1. The van der Waals surface area contributed by atoms with Gasteiger partial charge in [0.15, 0.2) is 24.2 Å². The summed E-state index contributed by atoms with van der Waals surface area (Å²) in [6.07, 6.45) is -0.457. The number of hydrogen-bond donors (Lipinski definition) is 1. The molecule has 0 spiro atoms. The number of urea groups is 1. The minimum Gasteiger partial charge on any atom is -0.493 e. The summed E-state index contributed by atoms with van der Waals surface area (Å²) < 4.78 is 15.4. The van der Waals surface area contributed by atoms with E-state index in [-0.39, 0.29) is 18.0 Å². The van der Waals surface area contributed by atoms with Gasteiger partial charge in [-0.05, 0) is 25.1 Å². The van der Waals surface area contributed by atoms with Crippen molar-refractivity contribution in [2.75, 3.05) is 26.8 Å². The number of carbonyl (C=O) groups excluding carboxylic acids is 4. The van der Waals surface area contributed by atoms with E-state index in [1.165, 1.54) is 32.2 Å². The topological polar surface area (TPSA) is 111 Å². The predicted molar refractivity (Wildman–Crippen MR) is 84.5 cm³/mol. The van der Waals surface area contributed by atoms with Gasteiger partial charge in [0.1, 0.15) is 6.29 Å². The normalized spacial score (nSPS) is 14.5. The van der Waals surface area contributed by atoms with Crippen molar-refractivity contribution in [2.24, 2.45) is 0 Å². The first-order valence-corrected chi connectivity index (χ1v) is 7.51. The van der Waals surface area contributed by atoms with Gasteiger partial charge in [-0.25, -0.2) is 9.59 Å². The zero-order valence-corrected chi connectivity index (χ0v) is 13.8. The second-order valence-corrected chi connectivity index (χ2v) is 5.17. The van der Waals surface area contributed by atoms with Gasteiger partial charge < -0.3 is 19.5 Å². The zero-order valence-electron chi connectivity index (χ0n) is 13.8. The SMILES string of the molecule is COc1cc(C=O)ccc1OCC(=O)O[C@H](C)C(=O)N1CCNC1=O. The quantitative estimate of drug-likeness (QED) is 0.558. The third-order valence-corrected chi connectivity index (χ3v) is 3.45. The van der Waals surface area contributed by atoms with Gasteiger partial charge in [-0.15, -0.1) is 0 Å². The molecule has 1 aromatic carbocycles. The molecule has 0 saturated carbocycles. The molecule has 0 unspecified atom stereocenters. The summed E-state index contributed by atoms with van der Waals surface area (Å²) >= 11 is 0. The molecule has 25 heavy (non-hydrogen) atoms. The first-order valence-electron chi connectivity index (χ1n) is 7.51. The lowest BCUT2D eigenvalue weighted by molar-refractivity contribution is -0.159. The second kappa shape index (κ2) is 8.13. The molecular formula is C16H18N2O7. The van der Waals surface area contributed by atoms with E-state index >= 15 is 0 Å². The average Bonchev–Trinajstić information content (AvgIpc) is 3.04. The van der Waals surface area contributed by atoms with Gasteiger partial charge in [0.25, 0.3) is 5.91 Å². The fourth-order valence-corrected chi connectivity index (χ4v) is 2.20. The van der Waals surface area contributed by atoms with E-state index in [1.54, 1.807) is 0 Å². The van der Waals surface area contributed by atoms with E-state index < -0.39 is 30.6 Å². The van der Waals surface area contributed by atoms with Gasteiger partial charge >= 0.3 is 12.0 Å². The van der Waals surface area contributed by atoms with Crippen molar-refractivity contribution in [1.82, 2.24) is 10.2 Å². The minimum absolute atomic E-state index is 0.232. The summed E-state index contributed by atoms with van der Waals surface area (Å²) in [5, 5.41) is 2.49. The lowest BCUT2D eigenvalue weighted by Crippen LogP contribution is -2.42. The highest BCUT2D eigenvalue weighted by atomic mass is 16.6. The Morgan fingerprint density at radius 2 is 2.12 bits per heavy atom. The molecule has 0 aliphatic carbocycles. The molecule has 1 N–H and O–H groups in total. The molecule has 134 valence electrons. The first kappa shape index (κ1) is 18.2. The lowest BCUT2D eigenvalue weighted by atomic mass is 10.2. The van der Waals surface area contributed by atoms with E-state index in [0.717, 1.165) is 4.90 Å². The number of ether oxygens (including phenoxy) is 3. The van der Waals surface area contributed by atoms with Gasteiger partial charge in [-0.1, -0.05) is 0 Å². The fourth-order valence-electron chi connectivity index (χ4n) is 2.20. The molecule has 2 rings (SSSR count). The molecule has 1 fully saturated rings. The smallest absolute Gasteiger partial charge is 0.344 e. The minimum atomic E-state index is -1.11. The number of hydrogen-bond acceptors (Lipinski definition) is 7. The number of rotatable bonds is 7. The van der Waals surface area contributed by atoms with Crippen LogP contribution >= 0.6 is 0 Å². The molecule has 0 radical (unpaired) electrons. The van der Waals surface area contributed by atoms with Crippen molar-refractivity contribution in [3.8, 4) is 11.5 Å². The van der Waals surface area contributed by atoms with Crippen LogP contribution in [0.25, 0.3) is 0 Å². The van der Waals surface area contributed by atoms with Crippen molar-refractivity contribution in [3.05, 3.63) is 23.8 Å². The Bertz CT molecular complexity index is 689. The van der Waals surface area contributed by atoms with E-state index in [2.05, 4.69) is 5.32 Å². The Morgan fingerprint density at radius 3 is 2.72 bits per heavy atom. The summed E-state index contributed by atoms with van der Waals surface area (Å²) in [6, 6.07) is 3.95. The number of imide groups is 1. The van der Waals surface area contributed by atoms with Crippen molar-refractivity contribution in [1.29, 1.82) is 0 Å². The molecular weight excluding hydrogens is 332 g/mol. The van der Waals surface area contributed by atoms with Crippen molar-refractivity contribution >= 4 is 24.2 Å². The standard InChI is InChI=1S/C16H18N2O7/c1-10(15(21)18-6-5-17-16(18)22)25-14(20)9-24-12-4-3-11(8-19)7-13(12)23-2/h3-4,7-8,10H,5-6,9H2,1-2H3,(H,17,22)/t10-/m1/s1. The second-order valence-electron chi connectivity index (χ2n) is 5.17. The molecule has 0 bridgehead atoms. The number of amides is 3. The van der Waals surface area contributed by atoms with E-state index in [9.17, 15) is 19.2 Å². The fraction of sp³-hybridized carbons (Fsp3) is 0.375. The van der Waals surface area contributed by atoms with Crippen molar-refractivity contribution < 1.29 is 33.4 Å². The van der Waals surface area contributed by atoms with E-state index in [0.29, 0.717) is 18.4 Å². The molecule has 9 heteroatoms. The Kier molecular flexibility index (Phi) is 5.93. The Labute approximate surface area is 143 Å². The summed E-state index contributed by atoms with van der Waals surface area (Å²) in [4.78, 5) is 47.0. The lowest BCUT2D eigenvalue weighted by Gasteiger charge is -2.18. The van der Waals surface area contributed by atoms with Gasteiger partial charge in [0.2, 0.25) is 0 Å². The van der Waals surface area contributed by atoms with E-state index in [4.69, 9.17) is 14.2 Å². The zero-order chi connectivity index (χ0) is 18.4. The molecule has 9 nitrogen and oxygen atoms in total. The van der Waals surface area contributed by atoms with Crippen LogP contribution in [-0.2, 0) is 14.3 Å². The molecule has 1 aliphatic heterocycles. The Morgan fingerprint density at radius 1 is 1.36 bits per heavy atom. The number of methoxy groups -OCH3 is 1. The molecule has 1 heterocycles. The third-order valence-electron chi connectivity index (χ3n) is 3.45. The highest BCUT2D eigenvalue weighted by Gasteiger charge is 2.31. The maximum absolute atomic E-state index is 12.0. The summed E-state index contributed by atoms with van der Waals surface area (Å²) in [5.74, 6) is -0.837. The average molecular weight is 350 g/mol. The number of nitrogens with one attached hydrogen (secondary N) is 1. The van der Waals surface area contributed by atoms with Crippen molar-refractivity contribution in [3.63, 3.8) is 0 Å². The van der Waals surface area contributed by atoms with Crippen LogP contribution < -0.4 is 14.8 Å². The maximum Gasteiger partial charge on any atom is 0.344 e. The number of nitrogens with zero attached hydrogens (tertiary/aromatic N) is 1. The van der Waals surface area contributed by atoms with Crippen LogP contribution in [0.5, 0.6) is 11.5 Å².